The van der Waals surface area contributed by atoms with Crippen molar-refractivity contribution in [3.05, 3.63) is 60.1 Å². The van der Waals surface area contributed by atoms with Crippen molar-refractivity contribution in [2.24, 2.45) is 11.8 Å². The smallest absolute Gasteiger partial charge is 0.329 e. The van der Waals surface area contributed by atoms with Gasteiger partial charge in [-0.05, 0) is 36.0 Å². The molecule has 7 heteroatoms. The largest absolute Gasteiger partial charge is 0.459 e. The first-order valence-corrected chi connectivity index (χ1v) is 10.8. The lowest BCUT2D eigenvalue weighted by molar-refractivity contribution is -0.150. The first kappa shape index (κ1) is 22.6. The van der Waals surface area contributed by atoms with E-state index < -0.39 is 17.9 Å². The molecule has 2 aromatic rings. The van der Waals surface area contributed by atoms with Gasteiger partial charge in [-0.3, -0.25) is 9.59 Å². The van der Waals surface area contributed by atoms with Gasteiger partial charge in [0.1, 0.15) is 6.04 Å². The molecular formula is C24H30N2O5. The Hall–Kier alpha value is -3.09. The molecule has 166 valence electrons. The molecule has 0 spiro atoms. The molecule has 3 unspecified atom stereocenters. The van der Waals surface area contributed by atoms with Crippen LogP contribution in [0.4, 0.5) is 0 Å². The monoisotopic (exact) mass is 426 g/mol. The molecule has 0 saturated heterocycles. The van der Waals surface area contributed by atoms with Crippen molar-refractivity contribution in [2.45, 2.75) is 51.6 Å². The summed E-state index contributed by atoms with van der Waals surface area (Å²) in [5.41, 5.74) is 0.860. The highest BCUT2D eigenvalue weighted by molar-refractivity contribution is 5.94. The van der Waals surface area contributed by atoms with E-state index in [1.54, 1.807) is 6.07 Å². The zero-order valence-electron chi connectivity index (χ0n) is 18.0. The predicted octanol–water partition coefficient (Wildman–Crippen LogP) is 3.10. The number of furan rings is 1. The third kappa shape index (κ3) is 6.44. The van der Waals surface area contributed by atoms with E-state index in [0.717, 1.165) is 18.4 Å². The molecule has 1 aromatic heterocycles. The van der Waals surface area contributed by atoms with E-state index in [0.29, 0.717) is 11.8 Å². The molecule has 4 atom stereocenters. The number of hydrogen-bond donors (Lipinski definition) is 2. The van der Waals surface area contributed by atoms with Crippen molar-refractivity contribution in [1.29, 1.82) is 0 Å². The Bertz CT molecular complexity index is 865. The Morgan fingerprint density at radius 2 is 1.87 bits per heavy atom. The number of benzene rings is 1. The van der Waals surface area contributed by atoms with Crippen molar-refractivity contribution >= 4 is 17.8 Å². The molecule has 7 nitrogen and oxygen atoms in total. The van der Waals surface area contributed by atoms with Gasteiger partial charge in [0.15, 0.2) is 12.4 Å². The first-order valence-electron chi connectivity index (χ1n) is 10.8. The summed E-state index contributed by atoms with van der Waals surface area (Å²) < 4.78 is 10.4. The molecule has 1 heterocycles. The van der Waals surface area contributed by atoms with Crippen LogP contribution in [0.5, 0.6) is 0 Å². The highest BCUT2D eigenvalue weighted by Crippen LogP contribution is 2.29. The lowest BCUT2D eigenvalue weighted by Gasteiger charge is -2.34. The lowest BCUT2D eigenvalue weighted by Crippen LogP contribution is -2.47. The van der Waals surface area contributed by atoms with Crippen LogP contribution in [0.3, 0.4) is 0 Å². The van der Waals surface area contributed by atoms with Crippen LogP contribution in [-0.2, 0) is 20.7 Å². The molecule has 2 N–H and O–H groups in total. The van der Waals surface area contributed by atoms with Gasteiger partial charge in [0.05, 0.1) is 6.26 Å². The zero-order valence-corrected chi connectivity index (χ0v) is 18.0. The maximum absolute atomic E-state index is 12.7. The summed E-state index contributed by atoms with van der Waals surface area (Å²) >= 11 is 0. The summed E-state index contributed by atoms with van der Waals surface area (Å²) in [6.45, 7) is 3.96. The quantitative estimate of drug-likeness (QED) is 0.632. The van der Waals surface area contributed by atoms with Gasteiger partial charge in [0.25, 0.3) is 11.8 Å². The number of amides is 2. The molecular weight excluding hydrogens is 396 g/mol. The van der Waals surface area contributed by atoms with Crippen molar-refractivity contribution in [3.8, 4) is 0 Å². The van der Waals surface area contributed by atoms with Gasteiger partial charge in [-0.25, -0.2) is 4.79 Å². The summed E-state index contributed by atoms with van der Waals surface area (Å²) in [5.74, 6) is -0.471. The fraction of sp³-hybridized carbons (Fsp3) is 0.458. The molecule has 3 rings (SSSR count). The maximum Gasteiger partial charge on any atom is 0.329 e. The Morgan fingerprint density at radius 1 is 1.10 bits per heavy atom. The number of carbonyl (C=O) groups is 3. The van der Waals surface area contributed by atoms with E-state index in [1.807, 2.05) is 30.3 Å². The second-order valence-electron chi connectivity index (χ2n) is 8.24. The first-order chi connectivity index (χ1) is 14.9. The third-order valence-electron chi connectivity index (χ3n) is 6.02. The summed E-state index contributed by atoms with van der Waals surface area (Å²) in [4.78, 5) is 37.5. The van der Waals surface area contributed by atoms with Crippen LogP contribution in [0, 0.1) is 11.8 Å². The predicted molar refractivity (Wildman–Crippen MR) is 115 cm³/mol. The maximum atomic E-state index is 12.7. The van der Waals surface area contributed by atoms with Gasteiger partial charge in [-0.2, -0.15) is 0 Å². The van der Waals surface area contributed by atoms with Crippen LogP contribution in [0.2, 0.25) is 0 Å². The van der Waals surface area contributed by atoms with Crippen molar-refractivity contribution in [1.82, 2.24) is 10.6 Å². The fourth-order valence-electron chi connectivity index (χ4n) is 3.95. The van der Waals surface area contributed by atoms with Crippen molar-refractivity contribution in [2.75, 3.05) is 6.61 Å². The average Bonchev–Trinajstić information content (AvgIpc) is 3.31. The minimum absolute atomic E-state index is 0.0914. The van der Waals surface area contributed by atoms with Crippen LogP contribution in [0.15, 0.2) is 53.1 Å². The van der Waals surface area contributed by atoms with E-state index in [-0.39, 0.29) is 30.7 Å². The van der Waals surface area contributed by atoms with Gasteiger partial charge in [0.2, 0.25) is 0 Å². The van der Waals surface area contributed by atoms with E-state index in [9.17, 15) is 14.4 Å². The van der Waals surface area contributed by atoms with Crippen LogP contribution in [0.25, 0.3) is 0 Å². The molecule has 1 aromatic carbocycles. The number of hydrogen-bond acceptors (Lipinski definition) is 5. The Balaban J connectivity index is 1.58. The fourth-order valence-corrected chi connectivity index (χ4v) is 3.95. The normalized spacial score (nSPS) is 21.7. The van der Waals surface area contributed by atoms with Crippen molar-refractivity contribution < 1.29 is 23.5 Å². The van der Waals surface area contributed by atoms with Crippen LogP contribution < -0.4 is 10.6 Å². The van der Waals surface area contributed by atoms with E-state index >= 15 is 0 Å². The topological polar surface area (TPSA) is 97.6 Å². The SMILES string of the molecule is CC1CCCC(NC(=O)COC(=O)[C@@H](Cc2ccccc2)NC(=O)c2ccco2)C1C. The highest BCUT2D eigenvalue weighted by atomic mass is 16.5. The number of esters is 1. The summed E-state index contributed by atoms with van der Waals surface area (Å²) in [6.07, 6.45) is 4.80. The minimum atomic E-state index is -0.943. The number of nitrogens with one attached hydrogen (secondary N) is 2. The summed E-state index contributed by atoms with van der Waals surface area (Å²) in [7, 11) is 0. The molecule has 0 radical (unpaired) electrons. The average molecular weight is 427 g/mol. The van der Waals surface area contributed by atoms with Gasteiger partial charge in [-0.1, -0.05) is 57.0 Å². The third-order valence-corrected chi connectivity index (χ3v) is 6.02. The zero-order chi connectivity index (χ0) is 22.2. The molecule has 0 aliphatic heterocycles. The van der Waals surface area contributed by atoms with Crippen molar-refractivity contribution in [3.63, 3.8) is 0 Å². The van der Waals surface area contributed by atoms with Gasteiger partial charge >= 0.3 is 5.97 Å². The van der Waals surface area contributed by atoms with E-state index in [2.05, 4.69) is 24.5 Å². The summed E-state index contributed by atoms with van der Waals surface area (Å²) in [6, 6.07) is 11.6. The van der Waals surface area contributed by atoms with Gasteiger partial charge in [0, 0.05) is 12.5 Å². The molecule has 1 aliphatic rings. The van der Waals surface area contributed by atoms with E-state index in [4.69, 9.17) is 9.15 Å². The number of carbonyl (C=O) groups excluding carboxylic acids is 3. The highest BCUT2D eigenvalue weighted by Gasteiger charge is 2.29. The molecule has 2 amide bonds. The Morgan fingerprint density at radius 3 is 2.58 bits per heavy atom. The molecule has 1 saturated carbocycles. The van der Waals surface area contributed by atoms with E-state index in [1.165, 1.54) is 18.8 Å². The second kappa shape index (κ2) is 10.8. The number of ether oxygens (including phenoxy) is 1. The van der Waals surface area contributed by atoms with Gasteiger partial charge in [-0.15, -0.1) is 0 Å². The van der Waals surface area contributed by atoms with Crippen LogP contribution in [-0.4, -0.2) is 36.5 Å². The minimum Gasteiger partial charge on any atom is -0.459 e. The lowest BCUT2D eigenvalue weighted by atomic mass is 9.78. The number of rotatable bonds is 8. The van der Waals surface area contributed by atoms with Crippen LogP contribution >= 0.6 is 0 Å². The molecule has 1 fully saturated rings. The standard InChI is InChI=1S/C24H30N2O5/c1-16-8-6-11-19(17(16)2)25-22(27)15-31-24(29)20(14-18-9-4-3-5-10-18)26-23(28)21-12-7-13-30-21/h3-5,7,9-10,12-13,16-17,19-20H,6,8,11,14-15H2,1-2H3,(H,25,27)(H,26,28)/t16?,17?,19?,20-/m1/s1. The Labute approximate surface area is 182 Å². The molecule has 31 heavy (non-hydrogen) atoms. The van der Waals surface area contributed by atoms with Crippen LogP contribution in [0.1, 0.15) is 49.2 Å². The molecule has 1 aliphatic carbocycles. The molecule has 0 bridgehead atoms. The second-order valence-corrected chi connectivity index (χ2v) is 8.24. The van der Waals surface area contributed by atoms with Gasteiger partial charge < -0.3 is 19.8 Å². The Kier molecular flexibility index (Phi) is 7.87. The summed E-state index contributed by atoms with van der Waals surface area (Å²) in [5, 5.41) is 5.63.